The van der Waals surface area contributed by atoms with Gasteiger partial charge in [-0.3, -0.25) is 0 Å². The minimum Gasteiger partial charge on any atom is -0.364 e. The van der Waals surface area contributed by atoms with Gasteiger partial charge in [-0.1, -0.05) is 29.8 Å². The second-order valence-electron chi connectivity index (χ2n) is 4.38. The first-order chi connectivity index (χ1) is 8.34. The number of rotatable bonds is 3. The maximum absolute atomic E-state index is 6.12. The van der Waals surface area contributed by atoms with E-state index >= 15 is 0 Å². The molecule has 2 aliphatic rings. The molecule has 0 radical (unpaired) electrons. The summed E-state index contributed by atoms with van der Waals surface area (Å²) in [4.78, 5) is 0. The van der Waals surface area contributed by atoms with Crippen molar-refractivity contribution in [1.82, 2.24) is 0 Å². The van der Waals surface area contributed by atoms with E-state index in [1.165, 1.54) is 0 Å². The number of epoxide rings is 1. The van der Waals surface area contributed by atoms with E-state index in [9.17, 15) is 0 Å². The Bertz CT molecular complexity index is 390. The van der Waals surface area contributed by atoms with Crippen LogP contribution in [0.5, 0.6) is 0 Å². The molecule has 17 heavy (non-hydrogen) atoms. The largest absolute Gasteiger partial charge is 0.364 e. The number of halogens is 1. The number of benzene rings is 1. The Morgan fingerprint density at radius 1 is 1.18 bits per heavy atom. The first-order valence-corrected chi connectivity index (χ1v) is 6.35. The molecule has 3 rings (SSSR count). The van der Waals surface area contributed by atoms with Crippen molar-refractivity contribution >= 4 is 11.6 Å². The van der Waals surface area contributed by atoms with Crippen LogP contribution in [0, 0.1) is 0 Å². The quantitative estimate of drug-likeness (QED) is 0.777. The molecule has 2 aliphatic heterocycles. The summed E-state index contributed by atoms with van der Waals surface area (Å²) in [5.41, 5.74) is 1.06. The van der Waals surface area contributed by atoms with Crippen LogP contribution in [0.1, 0.15) is 24.5 Å². The maximum Gasteiger partial charge on any atom is 0.160 e. The molecule has 0 spiro atoms. The van der Waals surface area contributed by atoms with Gasteiger partial charge in [0.25, 0.3) is 0 Å². The first kappa shape index (κ1) is 11.5. The Balaban J connectivity index is 1.57. The third-order valence-corrected chi connectivity index (χ3v) is 3.46. The summed E-state index contributed by atoms with van der Waals surface area (Å²) in [6, 6.07) is 7.81. The van der Waals surface area contributed by atoms with E-state index in [2.05, 4.69) is 0 Å². The lowest BCUT2D eigenvalue weighted by Crippen LogP contribution is -2.26. The van der Waals surface area contributed by atoms with E-state index in [4.69, 9.17) is 25.8 Å². The molecule has 2 heterocycles. The van der Waals surface area contributed by atoms with Crippen LogP contribution in [0.3, 0.4) is 0 Å². The third kappa shape index (κ3) is 2.63. The predicted molar refractivity (Wildman–Crippen MR) is 64.0 cm³/mol. The average Bonchev–Trinajstić information content (AvgIpc) is 3.10. The zero-order chi connectivity index (χ0) is 11.7. The summed E-state index contributed by atoms with van der Waals surface area (Å²) < 4.78 is 16.7. The summed E-state index contributed by atoms with van der Waals surface area (Å²) in [7, 11) is 0. The van der Waals surface area contributed by atoms with Crippen molar-refractivity contribution < 1.29 is 14.2 Å². The van der Waals surface area contributed by atoms with Crippen LogP contribution in [-0.2, 0) is 14.2 Å². The van der Waals surface area contributed by atoms with E-state index in [1.807, 2.05) is 24.3 Å². The van der Waals surface area contributed by atoms with Gasteiger partial charge in [0.2, 0.25) is 0 Å². The van der Waals surface area contributed by atoms with Crippen LogP contribution >= 0.6 is 11.6 Å². The Kier molecular flexibility index (Phi) is 3.34. The molecule has 0 bridgehead atoms. The van der Waals surface area contributed by atoms with Crippen LogP contribution < -0.4 is 0 Å². The van der Waals surface area contributed by atoms with E-state index in [0.29, 0.717) is 0 Å². The minimum absolute atomic E-state index is 0.109. The predicted octanol–water partition coefficient (Wildman–Crippen LogP) is 2.93. The first-order valence-electron chi connectivity index (χ1n) is 5.97. The van der Waals surface area contributed by atoms with Crippen molar-refractivity contribution in [3.8, 4) is 0 Å². The van der Waals surface area contributed by atoms with Gasteiger partial charge in [-0.2, -0.15) is 0 Å². The third-order valence-electron chi connectivity index (χ3n) is 3.12. The summed E-state index contributed by atoms with van der Waals surface area (Å²) in [6.07, 6.45) is 1.95. The van der Waals surface area contributed by atoms with Crippen LogP contribution in [0.15, 0.2) is 24.3 Å². The topological polar surface area (TPSA) is 31.0 Å². The highest BCUT2D eigenvalue weighted by Gasteiger charge is 2.43. The standard InChI is InChI=1S/C13H15ClO3/c14-10-5-2-1-4-9(10)13-11(17-13)8-12-15-6-3-7-16-12/h1-2,4-5,11-13H,3,6-8H2/t11-,13+/m0/s1. The maximum atomic E-state index is 6.12. The Morgan fingerprint density at radius 3 is 2.71 bits per heavy atom. The summed E-state index contributed by atoms with van der Waals surface area (Å²) in [6.45, 7) is 1.57. The Morgan fingerprint density at radius 2 is 1.94 bits per heavy atom. The molecule has 2 saturated heterocycles. The molecule has 0 aliphatic carbocycles. The van der Waals surface area contributed by atoms with Crippen LogP contribution in [0.4, 0.5) is 0 Å². The highest BCUT2D eigenvalue weighted by Crippen LogP contribution is 2.44. The van der Waals surface area contributed by atoms with Gasteiger partial charge >= 0.3 is 0 Å². The number of hydrogen-bond acceptors (Lipinski definition) is 3. The molecular formula is C13H15ClO3. The van der Waals surface area contributed by atoms with E-state index in [1.54, 1.807) is 0 Å². The molecular weight excluding hydrogens is 240 g/mol. The second kappa shape index (κ2) is 4.94. The summed E-state index contributed by atoms with van der Waals surface area (Å²) >= 11 is 6.12. The molecule has 1 aromatic carbocycles. The molecule has 0 N–H and O–H groups in total. The van der Waals surface area contributed by atoms with Gasteiger partial charge in [-0.25, -0.2) is 0 Å². The molecule has 0 amide bonds. The van der Waals surface area contributed by atoms with Gasteiger partial charge in [0.1, 0.15) is 6.10 Å². The van der Waals surface area contributed by atoms with Gasteiger partial charge in [0.15, 0.2) is 6.29 Å². The van der Waals surface area contributed by atoms with E-state index in [0.717, 1.165) is 36.6 Å². The number of hydrogen-bond donors (Lipinski definition) is 0. The lowest BCUT2D eigenvalue weighted by molar-refractivity contribution is -0.182. The lowest BCUT2D eigenvalue weighted by Gasteiger charge is -2.22. The highest BCUT2D eigenvalue weighted by atomic mass is 35.5. The summed E-state index contributed by atoms with van der Waals surface area (Å²) in [5.74, 6) is 0. The van der Waals surface area contributed by atoms with Gasteiger partial charge in [0.05, 0.1) is 19.3 Å². The average molecular weight is 255 g/mol. The molecule has 2 atom stereocenters. The minimum atomic E-state index is -0.110. The summed E-state index contributed by atoms with van der Waals surface area (Å²) in [5, 5.41) is 0.769. The van der Waals surface area contributed by atoms with Gasteiger partial charge in [0, 0.05) is 17.0 Å². The molecule has 0 saturated carbocycles. The Labute approximate surface area is 106 Å². The van der Waals surface area contributed by atoms with Crippen molar-refractivity contribution in [3.05, 3.63) is 34.9 Å². The van der Waals surface area contributed by atoms with Crippen molar-refractivity contribution in [2.24, 2.45) is 0 Å². The molecule has 0 aromatic heterocycles. The van der Waals surface area contributed by atoms with Crippen molar-refractivity contribution in [1.29, 1.82) is 0 Å². The molecule has 1 aromatic rings. The highest BCUT2D eigenvalue weighted by molar-refractivity contribution is 6.31. The monoisotopic (exact) mass is 254 g/mol. The normalized spacial score (nSPS) is 29.2. The van der Waals surface area contributed by atoms with Gasteiger partial charge in [-0.15, -0.1) is 0 Å². The fourth-order valence-electron chi connectivity index (χ4n) is 2.16. The van der Waals surface area contributed by atoms with Crippen LogP contribution in [0.25, 0.3) is 0 Å². The SMILES string of the molecule is Clc1ccccc1[C@H]1O[C@H]1CC1OCCCO1. The van der Waals surface area contributed by atoms with E-state index in [-0.39, 0.29) is 18.5 Å². The second-order valence-corrected chi connectivity index (χ2v) is 4.78. The zero-order valence-electron chi connectivity index (χ0n) is 9.47. The fourth-order valence-corrected chi connectivity index (χ4v) is 2.41. The van der Waals surface area contributed by atoms with Crippen LogP contribution in [-0.4, -0.2) is 25.6 Å². The van der Waals surface area contributed by atoms with Gasteiger partial charge in [-0.05, 0) is 12.5 Å². The molecule has 4 heteroatoms. The van der Waals surface area contributed by atoms with Crippen molar-refractivity contribution in [2.45, 2.75) is 31.3 Å². The zero-order valence-corrected chi connectivity index (χ0v) is 10.2. The smallest absolute Gasteiger partial charge is 0.160 e. The molecule has 3 nitrogen and oxygen atoms in total. The van der Waals surface area contributed by atoms with Crippen molar-refractivity contribution in [3.63, 3.8) is 0 Å². The van der Waals surface area contributed by atoms with Gasteiger partial charge < -0.3 is 14.2 Å². The lowest BCUT2D eigenvalue weighted by atomic mass is 10.1. The Hall–Kier alpha value is -0.610. The molecule has 92 valence electrons. The molecule has 0 unspecified atom stereocenters. The number of ether oxygens (including phenoxy) is 3. The molecule has 2 fully saturated rings. The van der Waals surface area contributed by atoms with E-state index < -0.39 is 0 Å². The van der Waals surface area contributed by atoms with Crippen LogP contribution in [0.2, 0.25) is 5.02 Å². The fraction of sp³-hybridized carbons (Fsp3) is 0.538. The van der Waals surface area contributed by atoms with Crippen molar-refractivity contribution in [2.75, 3.05) is 13.2 Å².